The Labute approximate surface area is 95.6 Å². The summed E-state index contributed by atoms with van der Waals surface area (Å²) in [6, 6.07) is 5.82. The number of fused-ring (bicyclic) bond motifs is 1. The first-order valence-corrected chi connectivity index (χ1v) is 5.78. The molecule has 0 aromatic heterocycles. The van der Waals surface area contributed by atoms with Gasteiger partial charge in [0.2, 0.25) is 0 Å². The maximum absolute atomic E-state index is 11.6. The molecule has 0 spiro atoms. The van der Waals surface area contributed by atoms with Crippen molar-refractivity contribution >= 4 is 5.97 Å². The van der Waals surface area contributed by atoms with Gasteiger partial charge in [-0.25, -0.2) is 4.79 Å². The van der Waals surface area contributed by atoms with Crippen LogP contribution in [0.25, 0.3) is 0 Å². The van der Waals surface area contributed by atoms with Crippen LogP contribution in [0.3, 0.4) is 0 Å². The minimum atomic E-state index is -0.246. The fourth-order valence-electron chi connectivity index (χ4n) is 2.19. The number of ether oxygens (including phenoxy) is 1. The van der Waals surface area contributed by atoms with Gasteiger partial charge in [-0.05, 0) is 49.4 Å². The molecule has 1 aliphatic carbocycles. The predicted octanol–water partition coefficient (Wildman–Crippen LogP) is 2.20. The van der Waals surface area contributed by atoms with E-state index in [1.807, 2.05) is 25.1 Å². The largest absolute Gasteiger partial charge is 0.462 e. The molecule has 0 heterocycles. The molecule has 16 heavy (non-hydrogen) atoms. The SMILES string of the molecule is CCOC(=O)c1ccc2c(c1)CCC[C@@H]2N. The van der Waals surface area contributed by atoms with Crippen molar-refractivity contribution in [2.45, 2.75) is 32.2 Å². The highest BCUT2D eigenvalue weighted by atomic mass is 16.5. The highest BCUT2D eigenvalue weighted by Crippen LogP contribution is 2.28. The zero-order valence-corrected chi connectivity index (χ0v) is 9.53. The first-order chi connectivity index (χ1) is 7.72. The molecule has 2 rings (SSSR count). The van der Waals surface area contributed by atoms with Crippen LogP contribution in [0.5, 0.6) is 0 Å². The van der Waals surface area contributed by atoms with E-state index in [9.17, 15) is 4.79 Å². The fraction of sp³-hybridized carbons (Fsp3) is 0.462. The van der Waals surface area contributed by atoms with Crippen LogP contribution in [0, 0.1) is 0 Å². The number of carbonyl (C=O) groups excluding carboxylic acids is 1. The third-order valence-electron chi connectivity index (χ3n) is 3.01. The van der Waals surface area contributed by atoms with Gasteiger partial charge in [0.1, 0.15) is 0 Å². The van der Waals surface area contributed by atoms with Crippen LogP contribution in [-0.4, -0.2) is 12.6 Å². The Morgan fingerprint density at radius 3 is 3.12 bits per heavy atom. The number of carbonyl (C=O) groups is 1. The van der Waals surface area contributed by atoms with Gasteiger partial charge in [-0.15, -0.1) is 0 Å². The fourth-order valence-corrected chi connectivity index (χ4v) is 2.19. The zero-order valence-electron chi connectivity index (χ0n) is 9.53. The molecule has 0 aliphatic heterocycles. The number of nitrogens with two attached hydrogens (primary N) is 1. The maximum atomic E-state index is 11.6. The summed E-state index contributed by atoms with van der Waals surface area (Å²) in [7, 11) is 0. The van der Waals surface area contributed by atoms with Crippen LogP contribution in [0.1, 0.15) is 47.3 Å². The Hall–Kier alpha value is -1.35. The van der Waals surface area contributed by atoms with E-state index in [1.165, 1.54) is 11.1 Å². The standard InChI is InChI=1S/C13H17NO2/c1-2-16-13(15)10-6-7-11-9(8-10)4-3-5-12(11)14/h6-8,12H,2-5,14H2,1H3/t12-/m0/s1. The lowest BCUT2D eigenvalue weighted by atomic mass is 9.87. The molecular formula is C13H17NO2. The number of esters is 1. The average Bonchev–Trinajstić information content (AvgIpc) is 2.29. The van der Waals surface area contributed by atoms with Crippen molar-refractivity contribution in [3.63, 3.8) is 0 Å². The lowest BCUT2D eigenvalue weighted by Gasteiger charge is -2.22. The van der Waals surface area contributed by atoms with E-state index in [2.05, 4.69) is 0 Å². The summed E-state index contributed by atoms with van der Waals surface area (Å²) in [5.41, 5.74) is 9.03. The summed E-state index contributed by atoms with van der Waals surface area (Å²) < 4.78 is 4.98. The smallest absolute Gasteiger partial charge is 0.338 e. The quantitative estimate of drug-likeness (QED) is 0.776. The van der Waals surface area contributed by atoms with Crippen molar-refractivity contribution in [2.75, 3.05) is 6.61 Å². The maximum Gasteiger partial charge on any atom is 0.338 e. The summed E-state index contributed by atoms with van der Waals surface area (Å²) >= 11 is 0. The normalized spacial score (nSPS) is 19.0. The van der Waals surface area contributed by atoms with Crippen LogP contribution in [0.2, 0.25) is 0 Å². The summed E-state index contributed by atoms with van der Waals surface area (Å²) in [6.45, 7) is 2.22. The van der Waals surface area contributed by atoms with E-state index >= 15 is 0 Å². The first kappa shape index (κ1) is 11.1. The zero-order chi connectivity index (χ0) is 11.5. The molecule has 0 unspecified atom stereocenters. The van der Waals surface area contributed by atoms with Gasteiger partial charge in [0.15, 0.2) is 0 Å². The van der Waals surface area contributed by atoms with Gasteiger partial charge >= 0.3 is 5.97 Å². The predicted molar refractivity (Wildman–Crippen MR) is 62.3 cm³/mol. The number of benzene rings is 1. The van der Waals surface area contributed by atoms with Crippen LogP contribution in [-0.2, 0) is 11.2 Å². The molecule has 86 valence electrons. The Balaban J connectivity index is 2.28. The van der Waals surface area contributed by atoms with E-state index in [0.717, 1.165) is 19.3 Å². The van der Waals surface area contributed by atoms with Crippen molar-refractivity contribution in [3.8, 4) is 0 Å². The Kier molecular flexibility index (Phi) is 3.25. The van der Waals surface area contributed by atoms with E-state index in [-0.39, 0.29) is 12.0 Å². The second-order valence-electron chi connectivity index (χ2n) is 4.13. The van der Waals surface area contributed by atoms with Crippen molar-refractivity contribution in [1.82, 2.24) is 0 Å². The molecule has 0 fully saturated rings. The number of rotatable bonds is 2. The van der Waals surface area contributed by atoms with E-state index in [0.29, 0.717) is 12.2 Å². The summed E-state index contributed by atoms with van der Waals surface area (Å²) in [6.07, 6.45) is 3.14. The van der Waals surface area contributed by atoms with Crippen LogP contribution < -0.4 is 5.73 Å². The van der Waals surface area contributed by atoms with E-state index < -0.39 is 0 Å². The molecule has 3 nitrogen and oxygen atoms in total. The minimum absolute atomic E-state index is 0.125. The molecule has 0 saturated heterocycles. The van der Waals surface area contributed by atoms with Crippen molar-refractivity contribution in [3.05, 3.63) is 34.9 Å². The van der Waals surface area contributed by atoms with E-state index in [1.54, 1.807) is 0 Å². The van der Waals surface area contributed by atoms with Gasteiger partial charge in [0.05, 0.1) is 12.2 Å². The molecule has 3 heteroatoms. The van der Waals surface area contributed by atoms with Crippen molar-refractivity contribution in [2.24, 2.45) is 5.73 Å². The lowest BCUT2D eigenvalue weighted by molar-refractivity contribution is 0.0526. The molecule has 1 aromatic rings. The number of aryl methyl sites for hydroxylation is 1. The third kappa shape index (κ3) is 2.09. The average molecular weight is 219 g/mol. The highest BCUT2D eigenvalue weighted by Gasteiger charge is 2.18. The molecule has 0 radical (unpaired) electrons. The molecular weight excluding hydrogens is 202 g/mol. The molecule has 0 amide bonds. The van der Waals surface area contributed by atoms with Gasteiger partial charge in [-0.1, -0.05) is 6.07 Å². The molecule has 1 aromatic carbocycles. The monoisotopic (exact) mass is 219 g/mol. The van der Waals surface area contributed by atoms with Crippen LogP contribution in [0.4, 0.5) is 0 Å². The topological polar surface area (TPSA) is 52.3 Å². The Morgan fingerprint density at radius 1 is 1.56 bits per heavy atom. The number of hydrogen-bond donors (Lipinski definition) is 1. The van der Waals surface area contributed by atoms with Gasteiger partial charge < -0.3 is 10.5 Å². The lowest BCUT2D eigenvalue weighted by Crippen LogP contribution is -2.18. The molecule has 2 N–H and O–H groups in total. The van der Waals surface area contributed by atoms with Crippen LogP contribution in [0.15, 0.2) is 18.2 Å². The summed E-state index contributed by atoms with van der Waals surface area (Å²) in [4.78, 5) is 11.6. The second-order valence-corrected chi connectivity index (χ2v) is 4.13. The van der Waals surface area contributed by atoms with Gasteiger partial charge in [0.25, 0.3) is 0 Å². The Morgan fingerprint density at radius 2 is 2.38 bits per heavy atom. The summed E-state index contributed by atoms with van der Waals surface area (Å²) in [5.74, 6) is -0.246. The summed E-state index contributed by atoms with van der Waals surface area (Å²) in [5, 5.41) is 0. The molecule has 1 aliphatic rings. The molecule has 1 atom stereocenters. The van der Waals surface area contributed by atoms with Gasteiger partial charge in [-0.3, -0.25) is 0 Å². The molecule has 0 bridgehead atoms. The highest BCUT2D eigenvalue weighted by molar-refractivity contribution is 5.89. The van der Waals surface area contributed by atoms with Crippen molar-refractivity contribution in [1.29, 1.82) is 0 Å². The van der Waals surface area contributed by atoms with Crippen LogP contribution >= 0.6 is 0 Å². The minimum Gasteiger partial charge on any atom is -0.462 e. The van der Waals surface area contributed by atoms with E-state index in [4.69, 9.17) is 10.5 Å². The second kappa shape index (κ2) is 4.66. The first-order valence-electron chi connectivity index (χ1n) is 5.78. The van der Waals surface area contributed by atoms with Gasteiger partial charge in [0, 0.05) is 6.04 Å². The number of hydrogen-bond acceptors (Lipinski definition) is 3. The van der Waals surface area contributed by atoms with Gasteiger partial charge in [-0.2, -0.15) is 0 Å². The third-order valence-corrected chi connectivity index (χ3v) is 3.01. The molecule has 0 saturated carbocycles. The Bertz CT molecular complexity index is 401. The van der Waals surface area contributed by atoms with Crippen molar-refractivity contribution < 1.29 is 9.53 Å².